The van der Waals surface area contributed by atoms with Gasteiger partial charge in [0.2, 0.25) is 0 Å². The first-order chi connectivity index (χ1) is 8.60. The van der Waals surface area contributed by atoms with Crippen LogP contribution in [0.15, 0.2) is 0 Å². The van der Waals surface area contributed by atoms with Crippen LogP contribution < -0.4 is 0 Å². The van der Waals surface area contributed by atoms with Gasteiger partial charge < -0.3 is 18.5 Å². The second-order valence-corrected chi connectivity index (χ2v) is 6.28. The van der Waals surface area contributed by atoms with Crippen molar-refractivity contribution >= 4 is 13.6 Å². The Kier molecular flexibility index (Phi) is 5.00. The monoisotopic (exact) mass is 306 g/mol. The van der Waals surface area contributed by atoms with Crippen LogP contribution in [0.4, 0.5) is 13.2 Å². The lowest BCUT2D eigenvalue weighted by Crippen LogP contribution is -2.47. The summed E-state index contributed by atoms with van der Waals surface area (Å²) in [4.78, 5) is 11.7. The van der Waals surface area contributed by atoms with E-state index >= 15 is 0 Å². The first-order valence-corrected chi connectivity index (χ1v) is 7.19. The van der Waals surface area contributed by atoms with Gasteiger partial charge in [0.1, 0.15) is 5.41 Å². The maximum atomic E-state index is 12.0. The van der Waals surface area contributed by atoms with Gasteiger partial charge in [-0.2, -0.15) is 13.2 Å². The maximum absolute atomic E-state index is 12.0. The average molecular weight is 306 g/mol. The summed E-state index contributed by atoms with van der Waals surface area (Å²) >= 11 is 0. The summed E-state index contributed by atoms with van der Waals surface area (Å²) in [6.07, 6.45) is -4.62. The van der Waals surface area contributed by atoms with Crippen LogP contribution in [0, 0.1) is 5.41 Å². The van der Waals surface area contributed by atoms with Gasteiger partial charge in [-0.25, -0.2) is 0 Å². The lowest BCUT2D eigenvalue weighted by molar-refractivity contribution is -0.200. The van der Waals surface area contributed by atoms with Crippen molar-refractivity contribution in [2.75, 3.05) is 40.2 Å². The van der Waals surface area contributed by atoms with Gasteiger partial charge >= 0.3 is 19.7 Å². The Balaban J connectivity index is 2.72. The lowest BCUT2D eigenvalue weighted by Gasteiger charge is -2.35. The largest absolute Gasteiger partial charge is 0.455 e. The summed E-state index contributed by atoms with van der Waals surface area (Å²) in [6.45, 7) is -1.54. The van der Waals surface area contributed by atoms with Crippen LogP contribution in [0.25, 0.3) is 0 Å². The zero-order valence-electron chi connectivity index (χ0n) is 10.4. The fraction of sp³-hybridized carbons (Fsp3) is 0.889. The Morgan fingerprint density at radius 2 is 1.89 bits per heavy atom. The summed E-state index contributed by atoms with van der Waals surface area (Å²) in [5, 5.41) is 0. The van der Waals surface area contributed by atoms with E-state index < -0.39 is 31.8 Å². The van der Waals surface area contributed by atoms with Crippen LogP contribution in [-0.2, 0) is 27.9 Å². The number of esters is 1. The fourth-order valence-electron chi connectivity index (χ4n) is 1.40. The van der Waals surface area contributed by atoms with Crippen LogP contribution in [0.3, 0.4) is 0 Å². The molecule has 1 rings (SSSR count). The minimum atomic E-state index is -4.62. The molecule has 0 aromatic heterocycles. The van der Waals surface area contributed by atoms with Crippen molar-refractivity contribution in [2.45, 2.75) is 6.18 Å². The van der Waals surface area contributed by atoms with Crippen molar-refractivity contribution in [3.63, 3.8) is 0 Å². The fourth-order valence-corrected chi connectivity index (χ4v) is 2.44. The van der Waals surface area contributed by atoms with E-state index in [0.717, 1.165) is 0 Å². The summed E-state index contributed by atoms with van der Waals surface area (Å²) in [5.74, 6) is -1.16. The summed E-state index contributed by atoms with van der Waals surface area (Å²) in [7, 11) is -2.00. The molecule has 0 bridgehead atoms. The van der Waals surface area contributed by atoms with E-state index in [9.17, 15) is 22.5 Å². The van der Waals surface area contributed by atoms with E-state index in [1.54, 1.807) is 0 Å². The number of hydrogen-bond donors (Lipinski definition) is 0. The van der Waals surface area contributed by atoms with E-state index in [2.05, 4.69) is 4.74 Å². The number of alkyl halides is 3. The van der Waals surface area contributed by atoms with Gasteiger partial charge in [0, 0.05) is 13.8 Å². The van der Waals surface area contributed by atoms with E-state index in [0.29, 0.717) is 0 Å². The molecular weight excluding hydrogens is 292 g/mol. The van der Waals surface area contributed by atoms with Crippen molar-refractivity contribution in [1.82, 2.24) is 0 Å². The minimum absolute atomic E-state index is 0.260. The van der Waals surface area contributed by atoms with Gasteiger partial charge in [-0.3, -0.25) is 9.36 Å². The Morgan fingerprint density at radius 1 is 1.37 bits per heavy atom. The minimum Gasteiger partial charge on any atom is -0.455 e. The second kappa shape index (κ2) is 5.78. The van der Waals surface area contributed by atoms with Gasteiger partial charge in [0.25, 0.3) is 0 Å². The number of rotatable bonds is 4. The molecule has 1 saturated heterocycles. The number of halogens is 3. The van der Waals surface area contributed by atoms with Crippen LogP contribution in [-0.4, -0.2) is 52.3 Å². The summed E-state index contributed by atoms with van der Waals surface area (Å²) < 4.78 is 66.1. The molecule has 0 radical (unpaired) electrons. The van der Waals surface area contributed by atoms with Gasteiger partial charge in [0.15, 0.2) is 6.61 Å². The molecule has 6 nitrogen and oxygen atoms in total. The van der Waals surface area contributed by atoms with Crippen molar-refractivity contribution in [3.8, 4) is 0 Å². The third kappa shape index (κ3) is 4.76. The normalized spacial score (nSPS) is 32.1. The van der Waals surface area contributed by atoms with Crippen LogP contribution in [0.5, 0.6) is 0 Å². The van der Waals surface area contributed by atoms with Crippen LogP contribution in [0.1, 0.15) is 0 Å². The molecule has 1 aliphatic rings. The standard InChI is InChI=1S/C9H14F3O6P/c1-15-3-8(4-17-19(2,14)18-5-8)7(13)16-6-9(10,11)12/h3-6H2,1-2H3. The van der Waals surface area contributed by atoms with E-state index in [4.69, 9.17) is 13.8 Å². The summed E-state index contributed by atoms with van der Waals surface area (Å²) in [5.41, 5.74) is -1.54. The zero-order chi connectivity index (χ0) is 14.7. The highest BCUT2D eigenvalue weighted by Gasteiger charge is 2.48. The number of carbonyl (C=O) groups is 1. The summed E-state index contributed by atoms with van der Waals surface area (Å²) in [6, 6.07) is 0. The number of ether oxygens (including phenoxy) is 2. The predicted octanol–water partition coefficient (Wildman–Crippen LogP) is 1.59. The number of carbonyl (C=O) groups excluding carboxylic acids is 1. The van der Waals surface area contributed by atoms with Crippen molar-refractivity contribution in [1.29, 1.82) is 0 Å². The molecule has 10 heteroatoms. The van der Waals surface area contributed by atoms with Gasteiger partial charge in [0.05, 0.1) is 19.8 Å². The van der Waals surface area contributed by atoms with E-state index in [1.165, 1.54) is 13.8 Å². The van der Waals surface area contributed by atoms with E-state index in [-0.39, 0.29) is 19.8 Å². The van der Waals surface area contributed by atoms with Gasteiger partial charge in [-0.1, -0.05) is 0 Å². The highest BCUT2D eigenvalue weighted by atomic mass is 31.2. The van der Waals surface area contributed by atoms with E-state index in [1.807, 2.05) is 0 Å². The predicted molar refractivity (Wildman–Crippen MR) is 56.8 cm³/mol. The molecule has 0 aromatic carbocycles. The molecule has 0 unspecified atom stereocenters. The van der Waals surface area contributed by atoms with Crippen LogP contribution in [0.2, 0.25) is 0 Å². The molecule has 0 atom stereocenters. The van der Waals surface area contributed by atoms with Crippen LogP contribution >= 0.6 is 7.60 Å². The Morgan fingerprint density at radius 3 is 2.32 bits per heavy atom. The van der Waals surface area contributed by atoms with Crippen molar-refractivity contribution in [2.24, 2.45) is 5.41 Å². The average Bonchev–Trinajstić information content (AvgIpc) is 2.28. The molecule has 1 heterocycles. The quantitative estimate of drug-likeness (QED) is 0.580. The molecule has 1 aliphatic heterocycles. The molecule has 0 amide bonds. The molecule has 0 aromatic rings. The molecule has 19 heavy (non-hydrogen) atoms. The Hall–Kier alpha value is -0.630. The third-order valence-corrected chi connectivity index (χ3v) is 3.57. The molecule has 0 spiro atoms. The lowest BCUT2D eigenvalue weighted by atomic mass is 9.91. The molecule has 0 saturated carbocycles. The van der Waals surface area contributed by atoms with Gasteiger partial charge in [-0.05, 0) is 0 Å². The highest BCUT2D eigenvalue weighted by Crippen LogP contribution is 2.50. The molecular formula is C9H14F3O6P. The smallest absolute Gasteiger partial charge is 0.422 e. The molecule has 112 valence electrons. The Bertz CT molecular complexity index is 371. The SMILES string of the molecule is COCC1(C(=O)OCC(F)(F)F)COP(C)(=O)OC1. The molecule has 0 N–H and O–H groups in total. The zero-order valence-corrected chi connectivity index (χ0v) is 11.3. The number of methoxy groups -OCH3 is 1. The van der Waals surface area contributed by atoms with Gasteiger partial charge in [-0.15, -0.1) is 0 Å². The highest BCUT2D eigenvalue weighted by molar-refractivity contribution is 7.53. The van der Waals surface area contributed by atoms with Crippen molar-refractivity contribution in [3.05, 3.63) is 0 Å². The maximum Gasteiger partial charge on any atom is 0.422 e. The first kappa shape index (κ1) is 16.4. The topological polar surface area (TPSA) is 71.1 Å². The third-order valence-electron chi connectivity index (χ3n) is 2.37. The number of hydrogen-bond acceptors (Lipinski definition) is 6. The molecule has 0 aliphatic carbocycles. The molecule has 1 fully saturated rings. The second-order valence-electron chi connectivity index (χ2n) is 4.22. The first-order valence-electron chi connectivity index (χ1n) is 5.20. The Labute approximate surface area is 107 Å². The van der Waals surface area contributed by atoms with Crippen molar-refractivity contribution < 1.29 is 41.1 Å².